The van der Waals surface area contributed by atoms with E-state index >= 15 is 0 Å². The van der Waals surface area contributed by atoms with E-state index in [2.05, 4.69) is 16.0 Å². The van der Waals surface area contributed by atoms with Crippen molar-refractivity contribution in [3.05, 3.63) is 35.9 Å². The summed E-state index contributed by atoms with van der Waals surface area (Å²) >= 11 is 0. The van der Waals surface area contributed by atoms with E-state index in [0.29, 0.717) is 6.54 Å². The molecule has 1 aromatic rings. The maximum Gasteiger partial charge on any atom is 0.511 e. The lowest BCUT2D eigenvalue weighted by Crippen LogP contribution is -2.61. The summed E-state index contributed by atoms with van der Waals surface area (Å²) in [5, 5.41) is 7.62. The van der Waals surface area contributed by atoms with Crippen LogP contribution in [0.1, 0.15) is 89.2 Å². The van der Waals surface area contributed by atoms with Crippen LogP contribution in [0.25, 0.3) is 0 Å². The van der Waals surface area contributed by atoms with Gasteiger partial charge < -0.3 is 30.3 Å². The molecule has 2 aliphatic rings. The van der Waals surface area contributed by atoms with Gasteiger partial charge in [0.05, 0.1) is 13.2 Å². The number of alkyl carbamates (subject to hydrolysis) is 1. The molecule has 1 saturated carbocycles. The molecule has 65 heavy (non-hydrogen) atoms. The number of sulfonamides is 2. The number of rotatable bonds is 13. The molecule has 0 radical (unpaired) electrons. The third-order valence-electron chi connectivity index (χ3n) is 11.5. The normalized spacial score (nSPS) is 20.2. The number of benzene rings is 1. The summed E-state index contributed by atoms with van der Waals surface area (Å²) in [5.41, 5.74) is -12.6. The van der Waals surface area contributed by atoms with Gasteiger partial charge in [-0.05, 0) is 33.1 Å². The molecule has 1 saturated heterocycles. The van der Waals surface area contributed by atoms with Crippen molar-refractivity contribution in [1.82, 2.24) is 29.5 Å². The van der Waals surface area contributed by atoms with Crippen LogP contribution < -0.4 is 16.0 Å². The Bertz CT molecular complexity index is 2040. The summed E-state index contributed by atoms with van der Waals surface area (Å²) in [6.07, 6.45) is -0.841. The second-order valence-electron chi connectivity index (χ2n) is 19.8. The van der Waals surface area contributed by atoms with Gasteiger partial charge in [-0.3, -0.25) is 4.79 Å². The van der Waals surface area contributed by atoms with Gasteiger partial charge in [0, 0.05) is 45.7 Å². The quantitative estimate of drug-likeness (QED) is 0.149. The molecule has 0 aromatic heterocycles. The third kappa shape index (κ3) is 14.8. The number of nitrogens with zero attached hydrogens (tertiary/aromatic N) is 3. The van der Waals surface area contributed by atoms with Crippen molar-refractivity contribution in [2.45, 2.75) is 125 Å². The molecule has 3 N–H and O–H groups in total. The van der Waals surface area contributed by atoms with Crippen LogP contribution in [-0.2, 0) is 45.7 Å². The molecular weight excluding hydrogens is 915 g/mol. The van der Waals surface area contributed by atoms with Crippen LogP contribution in [0.15, 0.2) is 30.3 Å². The maximum absolute atomic E-state index is 13.7. The number of esters is 1. The van der Waals surface area contributed by atoms with Crippen molar-refractivity contribution in [2.75, 3.05) is 40.8 Å². The fourth-order valence-corrected chi connectivity index (χ4v) is 8.49. The molecular formula is C41H68F6N6O10S2. The second kappa shape index (κ2) is 20.9. The number of carbonyl (C=O) groups excluding carboxylic acids is 4. The summed E-state index contributed by atoms with van der Waals surface area (Å²) in [4.78, 5) is 52.8. The van der Waals surface area contributed by atoms with Crippen LogP contribution in [0.4, 0.5) is 35.9 Å². The Labute approximate surface area is 380 Å². The number of fused-ring (bicyclic) bond motifs is 1. The average Bonchev–Trinajstić information content (AvgIpc) is 3.43. The van der Waals surface area contributed by atoms with Crippen molar-refractivity contribution >= 4 is 44.0 Å². The first-order chi connectivity index (χ1) is 28.6. The van der Waals surface area contributed by atoms with Gasteiger partial charge in [0.1, 0.15) is 18.7 Å². The van der Waals surface area contributed by atoms with Crippen LogP contribution >= 0.6 is 0 Å². The molecule has 1 heterocycles. The SMILES string of the molecule is C.CN(C[C@@H](NC(=O)OCc1ccccc1)C(C)(C)C)S(=O)(=O)C(F)(F)F.COC(=O)C1[C@@H]2[C@H](CN1C(=O)[C@@H](NC(=O)N[C@H](CN(C)S(=O)(=O)C(F)(F)F)C(C)(C)C)C(C)(C)C)C2(C)C. The molecule has 3 rings (SSSR count). The van der Waals surface area contributed by atoms with Gasteiger partial charge >= 0.3 is 49.2 Å². The topological polar surface area (TPSA) is 201 Å². The summed E-state index contributed by atoms with van der Waals surface area (Å²) in [7, 11) is -8.23. The smallest absolute Gasteiger partial charge is 0.467 e. The first kappa shape index (κ1) is 59.1. The van der Waals surface area contributed by atoms with Gasteiger partial charge in [-0.2, -0.15) is 35.0 Å². The highest BCUT2D eigenvalue weighted by atomic mass is 32.2. The Hall–Kier alpha value is -3.90. The number of nitrogens with one attached hydrogen (secondary N) is 3. The van der Waals surface area contributed by atoms with E-state index in [1.807, 2.05) is 13.8 Å². The second-order valence-corrected chi connectivity index (χ2v) is 23.9. The van der Waals surface area contributed by atoms with Gasteiger partial charge in [0.2, 0.25) is 5.91 Å². The number of ether oxygens (including phenoxy) is 2. The molecule has 16 nitrogen and oxygen atoms in total. The van der Waals surface area contributed by atoms with Crippen LogP contribution in [0.5, 0.6) is 0 Å². The lowest BCUT2D eigenvalue weighted by molar-refractivity contribution is -0.154. The van der Waals surface area contributed by atoms with Crippen LogP contribution in [0.3, 0.4) is 0 Å². The zero-order valence-electron chi connectivity index (χ0n) is 38.7. The molecule has 0 spiro atoms. The monoisotopic (exact) mass is 982 g/mol. The highest BCUT2D eigenvalue weighted by molar-refractivity contribution is 7.90. The average molecular weight is 983 g/mol. The lowest BCUT2D eigenvalue weighted by Gasteiger charge is -2.38. The Morgan fingerprint density at radius 3 is 1.57 bits per heavy atom. The number of hydrogen-bond donors (Lipinski definition) is 3. The molecule has 4 amide bonds. The molecule has 0 bridgehead atoms. The zero-order valence-corrected chi connectivity index (χ0v) is 40.3. The number of likely N-dealkylation sites (N-methyl/N-ethyl adjacent to an activating group) is 2. The lowest BCUT2D eigenvalue weighted by atomic mass is 9.85. The highest BCUT2D eigenvalue weighted by Gasteiger charge is 2.70. The van der Waals surface area contributed by atoms with E-state index in [9.17, 15) is 62.4 Å². The molecule has 1 aliphatic carbocycles. The fraction of sp³-hybridized carbons (Fsp3) is 0.756. The maximum atomic E-state index is 13.7. The van der Waals surface area contributed by atoms with E-state index in [-0.39, 0.29) is 39.9 Å². The van der Waals surface area contributed by atoms with Crippen LogP contribution in [0, 0.1) is 33.5 Å². The molecule has 2 fully saturated rings. The molecule has 24 heteroatoms. The summed E-state index contributed by atoms with van der Waals surface area (Å²) < 4.78 is 134. The molecule has 376 valence electrons. The Morgan fingerprint density at radius 2 is 1.18 bits per heavy atom. The van der Waals surface area contributed by atoms with E-state index in [0.717, 1.165) is 19.7 Å². The van der Waals surface area contributed by atoms with Crippen LogP contribution in [-0.4, -0.2) is 130 Å². The number of alkyl halides is 6. The number of methoxy groups -OCH3 is 1. The minimum Gasteiger partial charge on any atom is -0.467 e. The van der Waals surface area contributed by atoms with Crippen molar-refractivity contribution in [3.8, 4) is 0 Å². The minimum atomic E-state index is -5.61. The molecule has 6 atom stereocenters. The predicted octanol–water partition coefficient (Wildman–Crippen LogP) is 6.30. The number of carbonyl (C=O) groups is 4. The first-order valence-corrected chi connectivity index (χ1v) is 23.0. The number of amides is 4. The van der Waals surface area contributed by atoms with Crippen molar-refractivity contribution < 1.29 is 71.8 Å². The van der Waals surface area contributed by atoms with Gasteiger partial charge in [-0.1, -0.05) is 114 Å². The minimum absolute atomic E-state index is 0. The summed E-state index contributed by atoms with van der Waals surface area (Å²) in [6.45, 7) is 18.3. The van der Waals surface area contributed by atoms with E-state index in [1.165, 1.54) is 12.0 Å². The number of hydrogen-bond acceptors (Lipinski definition) is 10. The van der Waals surface area contributed by atoms with Crippen molar-refractivity contribution in [2.24, 2.45) is 33.5 Å². The largest absolute Gasteiger partial charge is 0.511 e. The standard InChI is InChI=1S/C24H41F3N4O6S.C16H23F3N2O4S.CH4/c1-21(2,3)14(12-30(9)38(35,36)24(25,26)27)28-20(34)29-17(22(4,5)6)18(32)31-11-13-15(23(13,7)8)16(31)19(33)37-10;1-15(2,3)13(10-21(4)26(23,24)16(17,18)19)20-14(22)25-11-12-8-6-5-7-9-12;/h13-17H,11-12H2,1-10H3,(H2,28,29,34);5-9,13H,10-11H2,1-4H3,(H,20,22);1H4/t13-,14+,15-,16?,17+;13-;/m01./s1. The Balaban J connectivity index is 0.000000686. The van der Waals surface area contributed by atoms with Gasteiger partial charge in [0.25, 0.3) is 0 Å². The van der Waals surface area contributed by atoms with Gasteiger partial charge in [-0.15, -0.1) is 0 Å². The van der Waals surface area contributed by atoms with Crippen LogP contribution in [0.2, 0.25) is 0 Å². The van der Waals surface area contributed by atoms with E-state index < -0.39 is 109 Å². The number of urea groups is 1. The molecule has 1 unspecified atom stereocenters. The zero-order chi connectivity index (χ0) is 50.0. The Kier molecular flexibility index (Phi) is 19.1. The molecule has 1 aliphatic heterocycles. The number of halogens is 6. The van der Waals surface area contributed by atoms with Gasteiger partial charge in [-0.25, -0.2) is 31.2 Å². The number of piperidine rings is 1. The first-order valence-electron chi connectivity index (χ1n) is 20.1. The van der Waals surface area contributed by atoms with Crippen molar-refractivity contribution in [1.29, 1.82) is 0 Å². The highest BCUT2D eigenvalue weighted by Crippen LogP contribution is 2.65. The third-order valence-corrected chi connectivity index (χ3v) is 14.6. The summed E-state index contributed by atoms with van der Waals surface area (Å²) in [6, 6.07) is 4.17. The summed E-state index contributed by atoms with van der Waals surface area (Å²) in [5.74, 6) is -0.962. The molecule has 1 aromatic carbocycles. The number of likely N-dealkylation sites (tertiary alicyclic amines) is 1. The predicted molar refractivity (Wildman–Crippen MR) is 231 cm³/mol. The van der Waals surface area contributed by atoms with E-state index in [4.69, 9.17) is 9.47 Å². The van der Waals surface area contributed by atoms with Crippen molar-refractivity contribution in [3.63, 3.8) is 0 Å². The van der Waals surface area contributed by atoms with E-state index in [1.54, 1.807) is 92.6 Å². The Morgan fingerprint density at radius 1 is 0.754 bits per heavy atom. The fourth-order valence-electron chi connectivity index (χ4n) is 7.09. The van der Waals surface area contributed by atoms with Gasteiger partial charge in [0.15, 0.2) is 0 Å².